The minimum atomic E-state index is -3.82. The molecule has 0 saturated carbocycles. The van der Waals surface area contributed by atoms with Gasteiger partial charge < -0.3 is 10.1 Å². The lowest BCUT2D eigenvalue weighted by atomic mass is 10.1. The average Bonchev–Trinajstić information content (AvgIpc) is 2.77. The number of halogens is 1. The molecule has 0 aliphatic rings. The third-order valence-corrected chi connectivity index (χ3v) is 6.23. The molecule has 0 aliphatic heterocycles. The number of nitrogens with one attached hydrogen (secondary N) is 2. The van der Waals surface area contributed by atoms with Gasteiger partial charge in [-0.1, -0.05) is 29.8 Å². The van der Waals surface area contributed by atoms with Crippen LogP contribution in [0.3, 0.4) is 0 Å². The van der Waals surface area contributed by atoms with Crippen molar-refractivity contribution in [2.75, 3.05) is 16.6 Å². The van der Waals surface area contributed by atoms with E-state index in [2.05, 4.69) is 10.0 Å². The smallest absolute Gasteiger partial charge is 0.338 e. The van der Waals surface area contributed by atoms with E-state index in [1.165, 1.54) is 30.3 Å². The van der Waals surface area contributed by atoms with E-state index < -0.39 is 21.9 Å². The van der Waals surface area contributed by atoms with E-state index in [1.54, 1.807) is 50.2 Å². The largest absolute Gasteiger partial charge is 0.462 e. The zero-order valence-corrected chi connectivity index (χ0v) is 19.0. The molecule has 0 atom stereocenters. The van der Waals surface area contributed by atoms with Crippen molar-refractivity contribution in [3.05, 3.63) is 88.4 Å². The molecule has 9 heteroatoms. The number of esters is 1. The summed E-state index contributed by atoms with van der Waals surface area (Å²) >= 11 is 6.19. The van der Waals surface area contributed by atoms with Crippen LogP contribution >= 0.6 is 11.6 Å². The molecule has 1 amide bonds. The lowest BCUT2D eigenvalue weighted by Crippen LogP contribution is -2.16. The van der Waals surface area contributed by atoms with Gasteiger partial charge in [-0.15, -0.1) is 0 Å². The molecule has 0 bridgehead atoms. The quantitative estimate of drug-likeness (QED) is 0.477. The normalized spacial score (nSPS) is 11.0. The molecule has 0 saturated heterocycles. The molecule has 0 aromatic heterocycles. The van der Waals surface area contributed by atoms with Gasteiger partial charge in [0.15, 0.2) is 0 Å². The van der Waals surface area contributed by atoms with E-state index >= 15 is 0 Å². The molecule has 32 heavy (non-hydrogen) atoms. The Morgan fingerprint density at radius 1 is 1.00 bits per heavy atom. The standard InChI is InChI=1S/C23H21ClN2O5S/c1-3-31-23(28)16-9-12-21(15(2)13-16)25-22(27)19-14-17(10-11-20(19)24)26-32(29,30)18-7-5-4-6-8-18/h4-14,26H,3H2,1-2H3,(H,25,27). The number of carbonyl (C=O) groups is 2. The van der Waals surface area contributed by atoms with Crippen LogP contribution in [-0.4, -0.2) is 26.9 Å². The molecule has 166 valence electrons. The van der Waals surface area contributed by atoms with E-state index in [9.17, 15) is 18.0 Å². The first-order valence-corrected chi connectivity index (χ1v) is 11.5. The first-order valence-electron chi connectivity index (χ1n) is 9.68. The molecule has 3 rings (SSSR count). The number of benzene rings is 3. The predicted octanol–water partition coefficient (Wildman–Crippen LogP) is 4.88. The Morgan fingerprint density at radius 3 is 2.38 bits per heavy atom. The molecule has 0 fully saturated rings. The SMILES string of the molecule is CCOC(=O)c1ccc(NC(=O)c2cc(NS(=O)(=O)c3ccccc3)ccc2Cl)c(C)c1. The van der Waals surface area contributed by atoms with E-state index in [4.69, 9.17) is 16.3 Å². The Hall–Kier alpha value is -3.36. The number of carbonyl (C=O) groups excluding carboxylic acids is 2. The average molecular weight is 473 g/mol. The zero-order valence-electron chi connectivity index (χ0n) is 17.4. The molecule has 3 aromatic carbocycles. The Labute approximate surface area is 191 Å². The molecule has 0 radical (unpaired) electrons. The minimum absolute atomic E-state index is 0.0915. The Bertz CT molecular complexity index is 1260. The summed E-state index contributed by atoms with van der Waals surface area (Å²) in [6.07, 6.45) is 0. The van der Waals surface area contributed by atoms with Crippen molar-refractivity contribution >= 4 is 44.9 Å². The highest BCUT2D eigenvalue weighted by Gasteiger charge is 2.17. The maximum atomic E-state index is 12.8. The van der Waals surface area contributed by atoms with Gasteiger partial charge in [0, 0.05) is 11.4 Å². The van der Waals surface area contributed by atoms with Crippen molar-refractivity contribution in [1.29, 1.82) is 0 Å². The fraction of sp³-hybridized carbons (Fsp3) is 0.130. The number of anilines is 2. The van der Waals surface area contributed by atoms with Crippen LogP contribution < -0.4 is 10.0 Å². The number of ether oxygens (including phenoxy) is 1. The van der Waals surface area contributed by atoms with Gasteiger partial charge in [0.25, 0.3) is 15.9 Å². The van der Waals surface area contributed by atoms with Crippen molar-refractivity contribution in [1.82, 2.24) is 0 Å². The summed E-state index contributed by atoms with van der Waals surface area (Å²) in [4.78, 5) is 24.8. The van der Waals surface area contributed by atoms with Crippen LogP contribution in [-0.2, 0) is 14.8 Å². The van der Waals surface area contributed by atoms with E-state index in [0.29, 0.717) is 16.8 Å². The molecule has 2 N–H and O–H groups in total. The third-order valence-electron chi connectivity index (χ3n) is 4.50. The second-order valence-electron chi connectivity index (χ2n) is 6.82. The maximum absolute atomic E-state index is 12.8. The highest BCUT2D eigenvalue weighted by Crippen LogP contribution is 2.25. The van der Waals surface area contributed by atoms with Crippen molar-refractivity contribution < 1.29 is 22.7 Å². The molecule has 3 aromatic rings. The van der Waals surface area contributed by atoms with E-state index in [-0.39, 0.29) is 27.8 Å². The van der Waals surface area contributed by atoms with Crippen LogP contribution in [0.25, 0.3) is 0 Å². The van der Waals surface area contributed by atoms with Crippen LogP contribution in [0.4, 0.5) is 11.4 Å². The molecular weight excluding hydrogens is 452 g/mol. The van der Waals surface area contributed by atoms with Gasteiger partial charge in [-0.05, 0) is 67.9 Å². The number of amides is 1. The van der Waals surface area contributed by atoms with Gasteiger partial charge in [-0.2, -0.15) is 0 Å². The van der Waals surface area contributed by atoms with Gasteiger partial charge in [-0.3, -0.25) is 9.52 Å². The fourth-order valence-electron chi connectivity index (χ4n) is 2.91. The summed E-state index contributed by atoms with van der Waals surface area (Å²) in [7, 11) is -3.82. The highest BCUT2D eigenvalue weighted by atomic mass is 35.5. The van der Waals surface area contributed by atoms with E-state index in [1.807, 2.05) is 0 Å². The van der Waals surface area contributed by atoms with Crippen LogP contribution in [0.2, 0.25) is 5.02 Å². The highest BCUT2D eigenvalue weighted by molar-refractivity contribution is 7.92. The first kappa shape index (κ1) is 23.3. The summed E-state index contributed by atoms with van der Waals surface area (Å²) in [6.45, 7) is 3.72. The maximum Gasteiger partial charge on any atom is 0.338 e. The minimum Gasteiger partial charge on any atom is -0.462 e. The Balaban J connectivity index is 1.81. The predicted molar refractivity (Wildman–Crippen MR) is 124 cm³/mol. The van der Waals surface area contributed by atoms with Gasteiger partial charge >= 0.3 is 5.97 Å². The van der Waals surface area contributed by atoms with Crippen LogP contribution in [0, 0.1) is 6.92 Å². The lowest BCUT2D eigenvalue weighted by Gasteiger charge is -2.13. The van der Waals surface area contributed by atoms with Crippen LogP contribution in [0.15, 0.2) is 71.6 Å². The van der Waals surface area contributed by atoms with Crippen molar-refractivity contribution in [2.24, 2.45) is 0 Å². The topological polar surface area (TPSA) is 102 Å². The van der Waals surface area contributed by atoms with Gasteiger partial charge in [-0.25, -0.2) is 13.2 Å². The number of aryl methyl sites for hydroxylation is 1. The molecule has 0 unspecified atom stereocenters. The second-order valence-corrected chi connectivity index (χ2v) is 8.91. The summed E-state index contributed by atoms with van der Waals surface area (Å²) in [5.74, 6) is -0.974. The summed E-state index contributed by atoms with van der Waals surface area (Å²) in [5.41, 5.74) is 1.79. The summed E-state index contributed by atoms with van der Waals surface area (Å²) in [5, 5.41) is 2.89. The van der Waals surface area contributed by atoms with Gasteiger partial charge in [0.1, 0.15) is 0 Å². The number of sulfonamides is 1. The fourth-order valence-corrected chi connectivity index (χ4v) is 4.19. The first-order chi connectivity index (χ1) is 15.2. The van der Waals surface area contributed by atoms with E-state index in [0.717, 1.165) is 0 Å². The lowest BCUT2D eigenvalue weighted by molar-refractivity contribution is 0.0526. The third kappa shape index (κ3) is 5.46. The van der Waals surface area contributed by atoms with Crippen molar-refractivity contribution in [2.45, 2.75) is 18.7 Å². The number of rotatable bonds is 7. The summed E-state index contributed by atoms with van der Waals surface area (Å²) in [6, 6.07) is 16.9. The molecule has 7 nitrogen and oxygen atoms in total. The second kappa shape index (κ2) is 9.84. The number of hydrogen-bond acceptors (Lipinski definition) is 5. The number of hydrogen-bond donors (Lipinski definition) is 2. The monoisotopic (exact) mass is 472 g/mol. The van der Waals surface area contributed by atoms with Gasteiger partial charge in [0.05, 0.1) is 27.7 Å². The van der Waals surface area contributed by atoms with Gasteiger partial charge in [0.2, 0.25) is 0 Å². The molecule has 0 heterocycles. The zero-order chi connectivity index (χ0) is 23.3. The molecular formula is C23H21ClN2O5S. The summed E-state index contributed by atoms with van der Waals surface area (Å²) < 4.78 is 32.5. The Morgan fingerprint density at radius 2 is 1.72 bits per heavy atom. The van der Waals surface area contributed by atoms with Crippen LogP contribution in [0.1, 0.15) is 33.2 Å². The molecule has 0 spiro atoms. The van der Waals surface area contributed by atoms with Crippen molar-refractivity contribution in [3.8, 4) is 0 Å². The van der Waals surface area contributed by atoms with Crippen molar-refractivity contribution in [3.63, 3.8) is 0 Å². The van der Waals surface area contributed by atoms with Crippen LogP contribution in [0.5, 0.6) is 0 Å². The Kier molecular flexibility index (Phi) is 7.17. The molecule has 0 aliphatic carbocycles.